The lowest BCUT2D eigenvalue weighted by Crippen LogP contribution is -2.60. The van der Waals surface area contributed by atoms with Crippen molar-refractivity contribution in [3.8, 4) is 0 Å². The monoisotopic (exact) mass is 511 g/mol. The Bertz CT molecular complexity index is 1210. The van der Waals surface area contributed by atoms with Crippen molar-refractivity contribution in [1.82, 2.24) is 20.2 Å². The molecule has 2 amide bonds. The van der Waals surface area contributed by atoms with E-state index in [1.165, 1.54) is 0 Å². The number of H-pyrrole nitrogens is 1. The molecule has 192 valence electrons. The molecule has 0 radical (unpaired) electrons. The standard InChI is InChI=1S/C27H34ClN5O3/c1-17(2)23(32-22(34)15-29-25-30-20-7-5-6-8-21(20)31-25)24(35)33-14-13-27(36,26(3,4)16-33)18-9-11-19(28)12-10-18/h5-12,17,23,36H,13-16H2,1-4H3,(H,32,34)(H2,29,30,31)/t23-,27+/m1/s1. The maximum Gasteiger partial charge on any atom is 0.245 e. The van der Waals surface area contributed by atoms with Crippen molar-refractivity contribution < 1.29 is 14.7 Å². The van der Waals surface area contributed by atoms with E-state index in [0.717, 1.165) is 16.6 Å². The Kier molecular flexibility index (Phi) is 7.29. The number of fused-ring (bicyclic) bond motifs is 1. The fourth-order valence-electron chi connectivity index (χ4n) is 4.91. The van der Waals surface area contributed by atoms with Gasteiger partial charge in [0.25, 0.3) is 0 Å². The van der Waals surface area contributed by atoms with Crippen molar-refractivity contribution in [2.45, 2.75) is 45.8 Å². The molecule has 1 aliphatic heterocycles. The molecular formula is C27H34ClN5O3. The molecule has 36 heavy (non-hydrogen) atoms. The van der Waals surface area contributed by atoms with E-state index in [9.17, 15) is 14.7 Å². The molecule has 0 aliphatic carbocycles. The average Bonchev–Trinajstić information content (AvgIpc) is 3.26. The van der Waals surface area contributed by atoms with Crippen LogP contribution in [0.5, 0.6) is 0 Å². The molecule has 2 aromatic carbocycles. The molecule has 3 aromatic rings. The molecule has 1 aliphatic rings. The highest BCUT2D eigenvalue weighted by Crippen LogP contribution is 2.46. The summed E-state index contributed by atoms with van der Waals surface area (Å²) in [5.41, 5.74) is 0.767. The zero-order valence-electron chi connectivity index (χ0n) is 21.1. The lowest BCUT2D eigenvalue weighted by Gasteiger charge is -2.51. The van der Waals surface area contributed by atoms with Crippen LogP contribution in [-0.4, -0.2) is 57.5 Å². The van der Waals surface area contributed by atoms with Gasteiger partial charge in [0.2, 0.25) is 17.8 Å². The van der Waals surface area contributed by atoms with Gasteiger partial charge in [0.05, 0.1) is 23.2 Å². The Morgan fingerprint density at radius 1 is 1.17 bits per heavy atom. The number of aliphatic hydroxyl groups is 1. The normalized spacial score (nSPS) is 20.4. The first-order valence-corrected chi connectivity index (χ1v) is 12.6. The van der Waals surface area contributed by atoms with Gasteiger partial charge in [0.15, 0.2) is 0 Å². The third-order valence-electron chi connectivity index (χ3n) is 7.14. The number of aromatic amines is 1. The predicted molar refractivity (Wildman–Crippen MR) is 142 cm³/mol. The highest BCUT2D eigenvalue weighted by atomic mass is 35.5. The summed E-state index contributed by atoms with van der Waals surface area (Å²) in [5, 5.41) is 18.1. The highest BCUT2D eigenvalue weighted by Gasteiger charge is 2.50. The number of hydrogen-bond acceptors (Lipinski definition) is 5. The number of amides is 2. The highest BCUT2D eigenvalue weighted by molar-refractivity contribution is 6.30. The Balaban J connectivity index is 1.40. The zero-order chi connectivity index (χ0) is 26.1. The summed E-state index contributed by atoms with van der Waals surface area (Å²) in [6.45, 7) is 8.48. The average molecular weight is 512 g/mol. The molecule has 4 rings (SSSR count). The number of nitrogens with zero attached hydrogens (tertiary/aromatic N) is 2. The summed E-state index contributed by atoms with van der Waals surface area (Å²) in [6.07, 6.45) is 0.389. The Labute approximate surface area is 216 Å². The zero-order valence-corrected chi connectivity index (χ0v) is 21.9. The first-order valence-electron chi connectivity index (χ1n) is 12.3. The smallest absolute Gasteiger partial charge is 0.245 e. The van der Waals surface area contributed by atoms with Crippen LogP contribution >= 0.6 is 11.6 Å². The number of piperidine rings is 1. The maximum absolute atomic E-state index is 13.5. The molecule has 2 heterocycles. The molecule has 0 unspecified atom stereocenters. The van der Waals surface area contributed by atoms with E-state index in [1.807, 2.05) is 64.1 Å². The van der Waals surface area contributed by atoms with Gasteiger partial charge in [0.1, 0.15) is 6.04 Å². The molecule has 1 saturated heterocycles. The van der Waals surface area contributed by atoms with Crippen molar-refractivity contribution >= 4 is 40.4 Å². The van der Waals surface area contributed by atoms with E-state index in [4.69, 9.17) is 11.6 Å². The number of aromatic nitrogens is 2. The van der Waals surface area contributed by atoms with Crippen molar-refractivity contribution in [2.75, 3.05) is 25.0 Å². The summed E-state index contributed by atoms with van der Waals surface area (Å²) >= 11 is 6.03. The van der Waals surface area contributed by atoms with Crippen LogP contribution in [0.25, 0.3) is 11.0 Å². The van der Waals surface area contributed by atoms with Gasteiger partial charge < -0.3 is 25.6 Å². The van der Waals surface area contributed by atoms with Gasteiger partial charge in [-0.3, -0.25) is 9.59 Å². The molecule has 1 fully saturated rings. The largest absolute Gasteiger partial charge is 0.384 e. The number of nitrogens with one attached hydrogen (secondary N) is 3. The van der Waals surface area contributed by atoms with Gasteiger partial charge >= 0.3 is 0 Å². The number of likely N-dealkylation sites (tertiary alicyclic amines) is 1. The number of rotatable bonds is 7. The van der Waals surface area contributed by atoms with Crippen LogP contribution in [0.3, 0.4) is 0 Å². The molecule has 4 N–H and O–H groups in total. The van der Waals surface area contributed by atoms with Gasteiger partial charge in [-0.1, -0.05) is 63.6 Å². The molecule has 1 aromatic heterocycles. The van der Waals surface area contributed by atoms with Gasteiger partial charge in [-0.25, -0.2) is 4.98 Å². The fourth-order valence-corrected chi connectivity index (χ4v) is 5.03. The number of carbonyl (C=O) groups excluding carboxylic acids is 2. The van der Waals surface area contributed by atoms with Crippen LogP contribution in [0.2, 0.25) is 5.02 Å². The van der Waals surface area contributed by atoms with E-state index in [-0.39, 0.29) is 24.3 Å². The number of hydrogen-bond donors (Lipinski definition) is 4. The molecular weight excluding hydrogens is 478 g/mol. The lowest BCUT2D eigenvalue weighted by molar-refractivity contribution is -0.156. The second-order valence-corrected chi connectivity index (χ2v) is 10.9. The SMILES string of the molecule is CC(C)[C@@H](NC(=O)CNc1nc2ccccc2[nH]1)C(=O)N1CC[C@](O)(c2ccc(Cl)cc2)C(C)(C)C1. The van der Waals surface area contributed by atoms with Crippen molar-refractivity contribution in [1.29, 1.82) is 0 Å². The minimum Gasteiger partial charge on any atom is -0.384 e. The van der Waals surface area contributed by atoms with Crippen molar-refractivity contribution in [3.05, 3.63) is 59.1 Å². The molecule has 0 spiro atoms. The number of carbonyl (C=O) groups is 2. The van der Waals surface area contributed by atoms with Crippen LogP contribution in [0.1, 0.15) is 39.7 Å². The summed E-state index contributed by atoms with van der Waals surface area (Å²) in [5.74, 6) is -0.0457. The topological polar surface area (TPSA) is 110 Å². The van der Waals surface area contributed by atoms with Gasteiger partial charge in [-0.2, -0.15) is 0 Å². The van der Waals surface area contributed by atoms with E-state index in [0.29, 0.717) is 30.5 Å². The Morgan fingerprint density at radius 2 is 1.86 bits per heavy atom. The molecule has 2 atom stereocenters. The summed E-state index contributed by atoms with van der Waals surface area (Å²) in [6, 6.07) is 14.2. The molecule has 0 bridgehead atoms. The Morgan fingerprint density at radius 3 is 2.50 bits per heavy atom. The van der Waals surface area contributed by atoms with E-state index < -0.39 is 17.1 Å². The second kappa shape index (κ2) is 10.1. The number of imidazole rings is 1. The van der Waals surface area contributed by atoms with E-state index in [2.05, 4.69) is 20.6 Å². The van der Waals surface area contributed by atoms with Crippen LogP contribution in [0.4, 0.5) is 5.95 Å². The molecule has 9 heteroatoms. The van der Waals surface area contributed by atoms with Crippen LogP contribution in [0, 0.1) is 11.3 Å². The lowest BCUT2D eigenvalue weighted by atomic mass is 9.66. The van der Waals surface area contributed by atoms with E-state index in [1.54, 1.807) is 17.0 Å². The summed E-state index contributed by atoms with van der Waals surface area (Å²) in [4.78, 5) is 35.6. The number of para-hydroxylation sites is 2. The van der Waals surface area contributed by atoms with Crippen molar-refractivity contribution in [2.24, 2.45) is 11.3 Å². The van der Waals surface area contributed by atoms with Crippen molar-refractivity contribution in [3.63, 3.8) is 0 Å². The van der Waals surface area contributed by atoms with Crippen LogP contribution in [-0.2, 0) is 15.2 Å². The summed E-state index contributed by atoms with van der Waals surface area (Å²) in [7, 11) is 0. The maximum atomic E-state index is 13.5. The molecule has 0 saturated carbocycles. The van der Waals surface area contributed by atoms with Crippen LogP contribution < -0.4 is 10.6 Å². The second-order valence-electron chi connectivity index (χ2n) is 10.5. The van der Waals surface area contributed by atoms with E-state index >= 15 is 0 Å². The number of anilines is 1. The Hall–Kier alpha value is -3.10. The fraction of sp³-hybridized carbons (Fsp3) is 0.444. The quantitative estimate of drug-likeness (QED) is 0.384. The number of benzene rings is 2. The van der Waals surface area contributed by atoms with Crippen LogP contribution in [0.15, 0.2) is 48.5 Å². The van der Waals surface area contributed by atoms with Gasteiger partial charge in [-0.15, -0.1) is 0 Å². The minimum absolute atomic E-state index is 0.0157. The summed E-state index contributed by atoms with van der Waals surface area (Å²) < 4.78 is 0. The first-order chi connectivity index (χ1) is 17.0. The number of halogens is 1. The predicted octanol–water partition coefficient (Wildman–Crippen LogP) is 3.92. The third-order valence-corrected chi connectivity index (χ3v) is 7.39. The molecule has 8 nitrogen and oxygen atoms in total. The third kappa shape index (κ3) is 5.20. The van der Waals surface area contributed by atoms with Gasteiger partial charge in [0, 0.05) is 23.5 Å². The first kappa shape index (κ1) is 26.0. The minimum atomic E-state index is -1.10. The van der Waals surface area contributed by atoms with Gasteiger partial charge in [-0.05, 0) is 42.2 Å².